The van der Waals surface area contributed by atoms with E-state index in [0.29, 0.717) is 0 Å². The summed E-state index contributed by atoms with van der Waals surface area (Å²) in [5, 5.41) is 0.326. The van der Waals surface area contributed by atoms with Crippen LogP contribution in [0.4, 0.5) is 0 Å². The number of nitrogens with zero attached hydrogens (tertiary/aromatic N) is 1. The maximum atomic E-state index is 11.0. The minimum Gasteiger partial charge on any atom is -0.363 e. The molecule has 0 saturated heterocycles. The van der Waals surface area contributed by atoms with Crippen molar-refractivity contribution < 1.29 is 33.5 Å². The summed E-state index contributed by atoms with van der Waals surface area (Å²) in [5.74, 6) is 0. The van der Waals surface area contributed by atoms with Gasteiger partial charge in [-0.05, 0) is 6.92 Å². The minimum absolute atomic E-state index is 0.122. The Hall–Kier alpha value is -0.230. The normalized spacial score (nSPS) is 21.6. The van der Waals surface area contributed by atoms with Crippen molar-refractivity contribution in [3.05, 3.63) is 0 Å². The molecule has 0 aromatic heterocycles. The highest BCUT2D eigenvalue weighted by atomic mass is 31.2. The molecule has 0 unspecified atom stereocenters. The maximum Gasteiger partial charge on any atom is 0.384 e. The Bertz CT molecular complexity index is 342. The molecule has 1 aliphatic rings. The van der Waals surface area contributed by atoms with Crippen molar-refractivity contribution in [2.45, 2.75) is 18.4 Å². The lowest BCUT2D eigenvalue weighted by Gasteiger charge is -2.27. The van der Waals surface area contributed by atoms with Gasteiger partial charge < -0.3 is 24.4 Å². The number of hydrogen-bond donors (Lipinski definition) is 4. The van der Waals surface area contributed by atoms with E-state index in [9.17, 15) is 9.13 Å². The monoisotopic (exact) mass is 245 g/mol. The van der Waals surface area contributed by atoms with Crippen LogP contribution >= 0.6 is 15.2 Å². The lowest BCUT2D eigenvalue weighted by Crippen LogP contribution is -2.28. The molecule has 8 nitrogen and oxygen atoms in total. The second-order valence-electron chi connectivity index (χ2n) is 2.93. The second kappa shape index (κ2) is 3.13. The van der Waals surface area contributed by atoms with Gasteiger partial charge in [0.05, 0.1) is 12.1 Å². The van der Waals surface area contributed by atoms with Gasteiger partial charge in [-0.15, -0.1) is 0 Å². The Morgan fingerprint density at radius 3 is 1.86 bits per heavy atom. The summed E-state index contributed by atoms with van der Waals surface area (Å²) in [6.45, 7) is 1.35. The van der Waals surface area contributed by atoms with E-state index in [1.165, 1.54) is 6.92 Å². The van der Waals surface area contributed by atoms with Gasteiger partial charge in [0.1, 0.15) is 0 Å². The summed E-state index contributed by atoms with van der Waals surface area (Å²) in [6.07, 6.45) is -0.582. The molecule has 0 aromatic rings. The van der Waals surface area contributed by atoms with Crippen molar-refractivity contribution in [3.63, 3.8) is 0 Å². The van der Waals surface area contributed by atoms with E-state index in [1.807, 2.05) is 0 Å². The first-order valence-electron chi connectivity index (χ1n) is 3.43. The molecule has 1 rings (SSSR count). The standard InChI is InChI=1S/C4H9NO7P2/c1-3-2-4(12-5-3,13(6,7)8)14(9,10)11/h2H2,1H3,(H2,6,7,8)(H2,9,10,11). The molecule has 0 atom stereocenters. The van der Waals surface area contributed by atoms with Crippen LogP contribution in [-0.4, -0.2) is 30.4 Å². The van der Waals surface area contributed by atoms with Gasteiger partial charge in [-0.2, -0.15) is 0 Å². The van der Waals surface area contributed by atoms with Gasteiger partial charge in [-0.3, -0.25) is 9.13 Å². The Kier molecular flexibility index (Phi) is 2.65. The summed E-state index contributed by atoms with van der Waals surface area (Å²) in [6, 6.07) is 0. The lowest BCUT2D eigenvalue weighted by molar-refractivity contribution is 0.0645. The van der Waals surface area contributed by atoms with E-state index in [2.05, 4.69) is 9.99 Å². The second-order valence-corrected chi connectivity index (χ2v) is 6.90. The molecule has 14 heavy (non-hydrogen) atoms. The van der Waals surface area contributed by atoms with Crippen molar-refractivity contribution in [1.29, 1.82) is 0 Å². The van der Waals surface area contributed by atoms with E-state index in [0.717, 1.165) is 0 Å². The van der Waals surface area contributed by atoms with Crippen LogP contribution in [0, 0.1) is 0 Å². The van der Waals surface area contributed by atoms with Crippen LogP contribution in [0.25, 0.3) is 0 Å². The molecule has 82 valence electrons. The van der Waals surface area contributed by atoms with Gasteiger partial charge in [-0.1, -0.05) is 5.16 Å². The fourth-order valence-corrected chi connectivity index (χ4v) is 3.55. The smallest absolute Gasteiger partial charge is 0.363 e. The molecule has 1 aliphatic heterocycles. The van der Waals surface area contributed by atoms with Crippen LogP contribution in [0.2, 0.25) is 0 Å². The fraction of sp³-hybridized carbons (Fsp3) is 0.750. The summed E-state index contributed by atoms with van der Waals surface area (Å²) >= 11 is 0. The third-order valence-electron chi connectivity index (χ3n) is 1.74. The first-order chi connectivity index (χ1) is 6.10. The third kappa shape index (κ3) is 1.65. The lowest BCUT2D eigenvalue weighted by atomic mass is 10.3. The Labute approximate surface area is 78.9 Å². The van der Waals surface area contributed by atoms with Gasteiger partial charge in [0.2, 0.25) is 0 Å². The predicted octanol–water partition coefficient (Wildman–Crippen LogP) is -0.208. The van der Waals surface area contributed by atoms with E-state index < -0.39 is 26.7 Å². The van der Waals surface area contributed by atoms with Crippen LogP contribution < -0.4 is 0 Å². The first-order valence-corrected chi connectivity index (χ1v) is 6.65. The largest absolute Gasteiger partial charge is 0.384 e. The third-order valence-corrected chi connectivity index (χ3v) is 5.61. The summed E-state index contributed by atoms with van der Waals surface area (Å²) in [5.41, 5.74) is 0.122. The highest BCUT2D eigenvalue weighted by Crippen LogP contribution is 2.72. The number of hydrogen-bond acceptors (Lipinski definition) is 4. The molecule has 0 saturated carbocycles. The van der Waals surface area contributed by atoms with E-state index in [-0.39, 0.29) is 5.71 Å². The highest BCUT2D eigenvalue weighted by Gasteiger charge is 2.66. The van der Waals surface area contributed by atoms with Crippen LogP contribution in [0.3, 0.4) is 0 Å². The van der Waals surface area contributed by atoms with E-state index in [1.54, 1.807) is 0 Å². The zero-order valence-corrected chi connectivity index (χ0v) is 8.85. The molecule has 4 N–H and O–H groups in total. The molecule has 0 spiro atoms. The molecule has 0 amide bonds. The van der Waals surface area contributed by atoms with Gasteiger partial charge in [0.25, 0.3) is 0 Å². The number of oxime groups is 1. The molecule has 0 fully saturated rings. The Balaban J connectivity index is 3.22. The highest BCUT2D eigenvalue weighted by molar-refractivity contribution is 7.72. The van der Waals surface area contributed by atoms with Gasteiger partial charge in [-0.25, -0.2) is 0 Å². The maximum absolute atomic E-state index is 11.0. The molecular formula is C4H9NO7P2. The summed E-state index contributed by atoms with van der Waals surface area (Å²) in [4.78, 5) is 39.6. The molecule has 10 heteroatoms. The van der Waals surface area contributed by atoms with Crippen molar-refractivity contribution in [2.24, 2.45) is 5.16 Å². The average molecular weight is 245 g/mol. The quantitative estimate of drug-likeness (QED) is 0.494. The minimum atomic E-state index is -5.10. The zero-order valence-electron chi connectivity index (χ0n) is 7.06. The molecule has 0 bridgehead atoms. The Morgan fingerprint density at radius 2 is 1.71 bits per heavy atom. The van der Waals surface area contributed by atoms with Crippen molar-refractivity contribution in [2.75, 3.05) is 0 Å². The van der Waals surface area contributed by atoms with Crippen LogP contribution in [-0.2, 0) is 14.0 Å². The molecular weight excluding hydrogens is 236 g/mol. The van der Waals surface area contributed by atoms with Gasteiger partial charge in [0.15, 0.2) is 0 Å². The van der Waals surface area contributed by atoms with Crippen LogP contribution in [0.5, 0.6) is 0 Å². The van der Waals surface area contributed by atoms with Crippen molar-refractivity contribution >= 4 is 20.9 Å². The SMILES string of the molecule is CC1=NOC(P(=O)(O)O)(P(=O)(O)O)C1. The van der Waals surface area contributed by atoms with Gasteiger partial charge >= 0.3 is 20.3 Å². The molecule has 0 radical (unpaired) electrons. The topological polar surface area (TPSA) is 137 Å². The van der Waals surface area contributed by atoms with Crippen molar-refractivity contribution in [1.82, 2.24) is 0 Å². The van der Waals surface area contributed by atoms with E-state index in [4.69, 9.17) is 19.6 Å². The van der Waals surface area contributed by atoms with Crippen molar-refractivity contribution in [3.8, 4) is 0 Å². The predicted molar refractivity (Wildman–Crippen MR) is 45.6 cm³/mol. The average Bonchev–Trinajstić information content (AvgIpc) is 2.28. The first kappa shape index (κ1) is 11.8. The van der Waals surface area contributed by atoms with Gasteiger partial charge in [0, 0.05) is 0 Å². The van der Waals surface area contributed by atoms with Crippen LogP contribution in [0.15, 0.2) is 5.16 Å². The molecule has 0 aromatic carbocycles. The van der Waals surface area contributed by atoms with E-state index >= 15 is 0 Å². The molecule has 1 heterocycles. The zero-order chi connectivity index (χ0) is 11.2. The fourth-order valence-electron chi connectivity index (χ4n) is 1.03. The summed E-state index contributed by atoms with van der Waals surface area (Å²) < 4.78 is 21.9. The van der Waals surface area contributed by atoms with Crippen LogP contribution in [0.1, 0.15) is 13.3 Å². The Morgan fingerprint density at radius 1 is 1.29 bits per heavy atom. The molecule has 0 aliphatic carbocycles. The number of rotatable bonds is 2. The summed E-state index contributed by atoms with van der Waals surface area (Å²) in [7, 11) is -10.2.